The molecule has 6 heteroatoms. The van der Waals surface area contributed by atoms with Gasteiger partial charge in [0.2, 0.25) is 0 Å². The fourth-order valence-corrected chi connectivity index (χ4v) is 2.20. The molecule has 1 aliphatic rings. The number of hydrogen-bond acceptors (Lipinski definition) is 6. The monoisotopic (exact) mass is 281 g/mol. The standard InChI is InChI=1S/C14H19NO5/c1-18-11-5-3-10(4-6-11)14(8-20-9-14)15-12(7-16)13(17)19-2/h3-6,12,15-16H,7-9H2,1-2H3/t12-/m0/s1. The van der Waals surface area contributed by atoms with E-state index < -0.39 is 17.6 Å². The zero-order valence-corrected chi connectivity index (χ0v) is 11.6. The SMILES string of the molecule is COC(=O)[C@H](CO)NC1(c2ccc(OC)cc2)COC1. The molecule has 110 valence electrons. The first-order valence-corrected chi connectivity index (χ1v) is 6.34. The molecule has 1 atom stereocenters. The third-order valence-electron chi connectivity index (χ3n) is 3.46. The van der Waals surface area contributed by atoms with Crippen LogP contribution in [0.15, 0.2) is 24.3 Å². The quantitative estimate of drug-likeness (QED) is 0.717. The molecule has 0 amide bonds. The highest BCUT2D eigenvalue weighted by molar-refractivity contribution is 5.76. The Bertz CT molecular complexity index is 455. The first kappa shape index (κ1) is 14.8. The van der Waals surface area contributed by atoms with E-state index >= 15 is 0 Å². The lowest BCUT2D eigenvalue weighted by molar-refractivity contribution is -0.148. The Morgan fingerprint density at radius 2 is 2.05 bits per heavy atom. The van der Waals surface area contributed by atoms with Crippen molar-refractivity contribution >= 4 is 5.97 Å². The minimum Gasteiger partial charge on any atom is -0.497 e. The van der Waals surface area contributed by atoms with Crippen LogP contribution in [0.2, 0.25) is 0 Å². The number of nitrogens with one attached hydrogen (secondary N) is 1. The molecule has 0 radical (unpaired) electrons. The second kappa shape index (κ2) is 6.21. The molecule has 2 N–H and O–H groups in total. The molecule has 1 aromatic rings. The second-order valence-electron chi connectivity index (χ2n) is 4.71. The van der Waals surface area contributed by atoms with Gasteiger partial charge in [-0.2, -0.15) is 0 Å². The van der Waals surface area contributed by atoms with Crippen LogP contribution < -0.4 is 10.1 Å². The fraction of sp³-hybridized carbons (Fsp3) is 0.500. The Labute approximate surface area is 117 Å². The van der Waals surface area contributed by atoms with E-state index in [1.807, 2.05) is 24.3 Å². The summed E-state index contributed by atoms with van der Waals surface area (Å²) >= 11 is 0. The van der Waals surface area contributed by atoms with Gasteiger partial charge >= 0.3 is 5.97 Å². The van der Waals surface area contributed by atoms with Gasteiger partial charge in [-0.15, -0.1) is 0 Å². The summed E-state index contributed by atoms with van der Waals surface area (Å²) in [5, 5.41) is 12.4. The number of rotatable bonds is 6. The van der Waals surface area contributed by atoms with Crippen LogP contribution in [0, 0.1) is 0 Å². The number of carbonyl (C=O) groups excluding carboxylic acids is 1. The molecule has 0 unspecified atom stereocenters. The van der Waals surface area contributed by atoms with Crippen molar-refractivity contribution in [3.8, 4) is 5.75 Å². The van der Waals surface area contributed by atoms with E-state index in [1.54, 1.807) is 7.11 Å². The smallest absolute Gasteiger partial charge is 0.325 e. The lowest BCUT2D eigenvalue weighted by Gasteiger charge is -2.44. The summed E-state index contributed by atoms with van der Waals surface area (Å²) in [6.07, 6.45) is 0. The summed E-state index contributed by atoms with van der Waals surface area (Å²) in [5.41, 5.74) is 0.500. The zero-order valence-electron chi connectivity index (χ0n) is 11.6. The maximum Gasteiger partial charge on any atom is 0.325 e. The molecule has 20 heavy (non-hydrogen) atoms. The molecule has 0 aliphatic carbocycles. The Hall–Kier alpha value is -1.63. The van der Waals surface area contributed by atoms with E-state index in [1.165, 1.54) is 7.11 Å². The highest BCUT2D eigenvalue weighted by atomic mass is 16.5. The van der Waals surface area contributed by atoms with E-state index in [9.17, 15) is 9.90 Å². The van der Waals surface area contributed by atoms with Gasteiger partial charge in [0.1, 0.15) is 11.8 Å². The molecule has 1 aromatic carbocycles. The number of hydrogen-bond donors (Lipinski definition) is 2. The second-order valence-corrected chi connectivity index (χ2v) is 4.71. The molecule has 2 rings (SSSR count). The van der Waals surface area contributed by atoms with Crippen molar-refractivity contribution in [3.05, 3.63) is 29.8 Å². The topological polar surface area (TPSA) is 77.0 Å². The van der Waals surface area contributed by atoms with Crippen molar-refractivity contribution in [2.45, 2.75) is 11.6 Å². The molecule has 1 fully saturated rings. The highest BCUT2D eigenvalue weighted by Crippen LogP contribution is 2.31. The van der Waals surface area contributed by atoms with E-state index in [0.717, 1.165) is 11.3 Å². The Kier molecular flexibility index (Phi) is 4.59. The van der Waals surface area contributed by atoms with Gasteiger partial charge in [0.05, 0.1) is 39.6 Å². The number of ether oxygens (including phenoxy) is 3. The van der Waals surface area contributed by atoms with E-state index in [4.69, 9.17) is 9.47 Å². The number of benzene rings is 1. The Morgan fingerprint density at radius 1 is 1.40 bits per heavy atom. The molecular formula is C14H19NO5. The van der Waals surface area contributed by atoms with Crippen LogP contribution in [0.1, 0.15) is 5.56 Å². The fourth-order valence-electron chi connectivity index (χ4n) is 2.20. The van der Waals surface area contributed by atoms with Crippen LogP contribution in [0.25, 0.3) is 0 Å². The van der Waals surface area contributed by atoms with Gasteiger partial charge in [-0.3, -0.25) is 10.1 Å². The van der Waals surface area contributed by atoms with Crippen molar-refractivity contribution in [2.75, 3.05) is 34.0 Å². The van der Waals surface area contributed by atoms with Gasteiger partial charge in [0, 0.05) is 0 Å². The maximum absolute atomic E-state index is 11.6. The van der Waals surface area contributed by atoms with Crippen LogP contribution in [0.5, 0.6) is 5.75 Å². The summed E-state index contributed by atoms with van der Waals surface area (Å²) in [7, 11) is 2.90. The van der Waals surface area contributed by atoms with Gasteiger partial charge in [0.15, 0.2) is 0 Å². The van der Waals surface area contributed by atoms with Crippen molar-refractivity contribution in [3.63, 3.8) is 0 Å². The predicted molar refractivity (Wildman–Crippen MR) is 71.5 cm³/mol. The molecule has 1 saturated heterocycles. The molecule has 1 aliphatic heterocycles. The summed E-state index contributed by atoms with van der Waals surface area (Å²) in [5.74, 6) is 0.267. The van der Waals surface area contributed by atoms with E-state index in [-0.39, 0.29) is 6.61 Å². The number of esters is 1. The van der Waals surface area contributed by atoms with E-state index in [0.29, 0.717) is 13.2 Å². The van der Waals surface area contributed by atoms with Gasteiger partial charge in [-0.05, 0) is 17.7 Å². The predicted octanol–water partition coefficient (Wildman–Crippen LogP) is 0.0442. The first-order chi connectivity index (χ1) is 9.65. The number of aliphatic hydroxyl groups excluding tert-OH is 1. The molecule has 0 saturated carbocycles. The van der Waals surface area contributed by atoms with Gasteiger partial charge in [-0.1, -0.05) is 12.1 Å². The van der Waals surface area contributed by atoms with Crippen molar-refractivity contribution < 1.29 is 24.1 Å². The van der Waals surface area contributed by atoms with Gasteiger partial charge in [-0.25, -0.2) is 0 Å². The molecular weight excluding hydrogens is 262 g/mol. The lowest BCUT2D eigenvalue weighted by atomic mass is 9.87. The van der Waals surface area contributed by atoms with Crippen molar-refractivity contribution in [2.24, 2.45) is 0 Å². The Morgan fingerprint density at radius 3 is 2.45 bits per heavy atom. The normalized spacial score (nSPS) is 17.9. The van der Waals surface area contributed by atoms with Crippen LogP contribution >= 0.6 is 0 Å². The number of carbonyl (C=O) groups is 1. The average molecular weight is 281 g/mol. The molecule has 0 aromatic heterocycles. The van der Waals surface area contributed by atoms with Crippen molar-refractivity contribution in [1.29, 1.82) is 0 Å². The minimum absolute atomic E-state index is 0.329. The van der Waals surface area contributed by atoms with Gasteiger partial charge < -0.3 is 19.3 Å². The average Bonchev–Trinajstić information content (AvgIpc) is 2.46. The summed E-state index contributed by atoms with van der Waals surface area (Å²) in [4.78, 5) is 11.6. The van der Waals surface area contributed by atoms with Crippen molar-refractivity contribution in [1.82, 2.24) is 5.32 Å². The van der Waals surface area contributed by atoms with Crippen LogP contribution in [-0.2, 0) is 19.8 Å². The maximum atomic E-state index is 11.6. The molecule has 1 heterocycles. The lowest BCUT2D eigenvalue weighted by Crippen LogP contribution is -2.62. The summed E-state index contributed by atoms with van der Waals surface area (Å²) < 4.78 is 15.1. The third-order valence-corrected chi connectivity index (χ3v) is 3.46. The van der Waals surface area contributed by atoms with Gasteiger partial charge in [0.25, 0.3) is 0 Å². The molecule has 6 nitrogen and oxygen atoms in total. The van der Waals surface area contributed by atoms with E-state index in [2.05, 4.69) is 10.1 Å². The largest absolute Gasteiger partial charge is 0.497 e. The third kappa shape index (κ3) is 2.77. The zero-order chi connectivity index (χ0) is 14.6. The minimum atomic E-state index is -0.772. The first-order valence-electron chi connectivity index (χ1n) is 6.34. The van der Waals surface area contributed by atoms with Crippen LogP contribution in [0.4, 0.5) is 0 Å². The summed E-state index contributed by atoms with van der Waals surface area (Å²) in [6.45, 7) is 0.546. The Balaban J connectivity index is 2.17. The molecule has 0 spiro atoms. The number of aliphatic hydroxyl groups is 1. The number of methoxy groups -OCH3 is 2. The van der Waals surface area contributed by atoms with Crippen LogP contribution in [0.3, 0.4) is 0 Å². The highest BCUT2D eigenvalue weighted by Gasteiger charge is 2.43. The molecule has 0 bridgehead atoms. The van der Waals surface area contributed by atoms with Crippen LogP contribution in [-0.4, -0.2) is 51.2 Å². The summed E-state index contributed by atoms with van der Waals surface area (Å²) in [6, 6.07) is 6.76.